The molecule has 1 fully saturated rings. The molecule has 128 valence electrons. The molecule has 0 unspecified atom stereocenters. The van der Waals surface area contributed by atoms with Crippen molar-refractivity contribution in [3.63, 3.8) is 0 Å². The summed E-state index contributed by atoms with van der Waals surface area (Å²) in [5.74, 6) is -0.356. The number of nitrogens with zero attached hydrogens (tertiary/aromatic N) is 3. The Morgan fingerprint density at radius 3 is 2.58 bits per heavy atom. The van der Waals surface area contributed by atoms with Crippen LogP contribution in [0.4, 0.5) is 4.39 Å². The van der Waals surface area contributed by atoms with Crippen molar-refractivity contribution < 1.29 is 13.9 Å². The SMILES string of the molecule is CCOC1CCN(C(=O)c2cc(C)n(-c3ccc(F)cc3)n2)CC1. The molecule has 0 saturated carbocycles. The summed E-state index contributed by atoms with van der Waals surface area (Å²) in [5, 5.41) is 4.41. The summed E-state index contributed by atoms with van der Waals surface area (Å²) in [4.78, 5) is 14.5. The van der Waals surface area contributed by atoms with E-state index in [1.807, 2.05) is 18.7 Å². The van der Waals surface area contributed by atoms with Crippen molar-refractivity contribution in [1.29, 1.82) is 0 Å². The highest BCUT2D eigenvalue weighted by molar-refractivity contribution is 5.92. The third-order valence-corrected chi connectivity index (χ3v) is 4.31. The van der Waals surface area contributed by atoms with Gasteiger partial charge in [-0.15, -0.1) is 0 Å². The van der Waals surface area contributed by atoms with Crippen molar-refractivity contribution >= 4 is 5.91 Å². The van der Waals surface area contributed by atoms with E-state index in [1.54, 1.807) is 22.9 Å². The molecule has 0 bridgehead atoms. The first-order chi connectivity index (χ1) is 11.6. The van der Waals surface area contributed by atoms with Gasteiger partial charge in [0.25, 0.3) is 5.91 Å². The van der Waals surface area contributed by atoms with E-state index in [0.717, 1.165) is 24.2 Å². The summed E-state index contributed by atoms with van der Waals surface area (Å²) >= 11 is 0. The fourth-order valence-corrected chi connectivity index (χ4v) is 3.05. The van der Waals surface area contributed by atoms with Crippen LogP contribution in [0.25, 0.3) is 5.69 Å². The zero-order valence-electron chi connectivity index (χ0n) is 14.0. The number of amides is 1. The molecule has 2 aromatic rings. The number of carbonyl (C=O) groups is 1. The molecule has 5 nitrogen and oxygen atoms in total. The fraction of sp³-hybridized carbons (Fsp3) is 0.444. The van der Waals surface area contributed by atoms with E-state index in [2.05, 4.69) is 5.10 Å². The lowest BCUT2D eigenvalue weighted by Gasteiger charge is -2.31. The first-order valence-electron chi connectivity index (χ1n) is 8.32. The molecule has 0 N–H and O–H groups in total. The van der Waals surface area contributed by atoms with Gasteiger partial charge in [-0.1, -0.05) is 0 Å². The normalized spacial score (nSPS) is 15.7. The highest BCUT2D eigenvalue weighted by Gasteiger charge is 2.25. The number of benzene rings is 1. The van der Waals surface area contributed by atoms with Crippen LogP contribution in [0.3, 0.4) is 0 Å². The van der Waals surface area contributed by atoms with E-state index in [-0.39, 0.29) is 17.8 Å². The van der Waals surface area contributed by atoms with Gasteiger partial charge in [-0.2, -0.15) is 5.10 Å². The molecule has 1 aromatic carbocycles. The lowest BCUT2D eigenvalue weighted by atomic mass is 10.1. The number of hydrogen-bond donors (Lipinski definition) is 0. The summed E-state index contributed by atoms with van der Waals surface area (Å²) in [6, 6.07) is 7.85. The lowest BCUT2D eigenvalue weighted by Crippen LogP contribution is -2.41. The standard InChI is InChI=1S/C18H22FN3O2/c1-3-24-16-8-10-21(11-9-16)18(23)17-12-13(2)22(20-17)15-6-4-14(19)5-7-15/h4-7,12,16H,3,8-11H2,1-2H3. The maximum Gasteiger partial charge on any atom is 0.274 e. The minimum atomic E-state index is -0.294. The Balaban J connectivity index is 1.73. The molecule has 1 aliphatic heterocycles. The predicted molar refractivity (Wildman–Crippen MR) is 88.8 cm³/mol. The van der Waals surface area contributed by atoms with E-state index < -0.39 is 0 Å². The largest absolute Gasteiger partial charge is 0.378 e. The number of carbonyl (C=O) groups excluding carboxylic acids is 1. The Morgan fingerprint density at radius 1 is 1.29 bits per heavy atom. The first-order valence-corrected chi connectivity index (χ1v) is 8.32. The summed E-state index contributed by atoms with van der Waals surface area (Å²) in [6.07, 6.45) is 1.96. The Hall–Kier alpha value is -2.21. The number of likely N-dealkylation sites (tertiary alicyclic amines) is 1. The van der Waals surface area contributed by atoms with E-state index in [1.165, 1.54) is 12.1 Å². The minimum Gasteiger partial charge on any atom is -0.378 e. The number of halogens is 1. The zero-order chi connectivity index (χ0) is 17.1. The van der Waals surface area contributed by atoms with Crippen molar-refractivity contribution in [2.45, 2.75) is 32.8 Å². The molecule has 2 heterocycles. The van der Waals surface area contributed by atoms with Crippen LogP contribution in [0.1, 0.15) is 35.9 Å². The third-order valence-electron chi connectivity index (χ3n) is 4.31. The molecule has 6 heteroatoms. The highest BCUT2D eigenvalue weighted by Crippen LogP contribution is 2.18. The Morgan fingerprint density at radius 2 is 1.96 bits per heavy atom. The van der Waals surface area contributed by atoms with Crippen LogP contribution in [0, 0.1) is 12.7 Å². The van der Waals surface area contributed by atoms with Crippen LogP contribution in [0.5, 0.6) is 0 Å². The van der Waals surface area contributed by atoms with Gasteiger partial charge >= 0.3 is 0 Å². The van der Waals surface area contributed by atoms with Crippen molar-refractivity contribution in [2.75, 3.05) is 19.7 Å². The molecule has 1 aliphatic rings. The summed E-state index contributed by atoms with van der Waals surface area (Å²) in [7, 11) is 0. The van der Waals surface area contributed by atoms with Crippen molar-refractivity contribution in [3.8, 4) is 5.69 Å². The van der Waals surface area contributed by atoms with Gasteiger partial charge < -0.3 is 9.64 Å². The van der Waals surface area contributed by atoms with Crippen LogP contribution in [0.2, 0.25) is 0 Å². The second kappa shape index (κ2) is 7.13. The topological polar surface area (TPSA) is 47.4 Å². The van der Waals surface area contributed by atoms with Gasteiger partial charge in [0.05, 0.1) is 11.8 Å². The zero-order valence-corrected chi connectivity index (χ0v) is 14.0. The van der Waals surface area contributed by atoms with Crippen molar-refractivity contribution in [1.82, 2.24) is 14.7 Å². The average molecular weight is 331 g/mol. The van der Waals surface area contributed by atoms with Crippen LogP contribution in [-0.2, 0) is 4.74 Å². The monoisotopic (exact) mass is 331 g/mol. The van der Waals surface area contributed by atoms with E-state index in [4.69, 9.17) is 4.74 Å². The molecule has 0 radical (unpaired) electrons. The fourth-order valence-electron chi connectivity index (χ4n) is 3.05. The predicted octanol–water partition coefficient (Wildman–Crippen LogP) is 2.96. The molecule has 1 saturated heterocycles. The lowest BCUT2D eigenvalue weighted by molar-refractivity contribution is 0.0144. The number of rotatable bonds is 4. The molecule has 1 aromatic heterocycles. The molecule has 1 amide bonds. The van der Waals surface area contributed by atoms with Crippen LogP contribution in [0.15, 0.2) is 30.3 Å². The number of hydrogen-bond acceptors (Lipinski definition) is 3. The summed E-state index contributed by atoms with van der Waals surface area (Å²) in [6.45, 7) is 5.95. The van der Waals surface area contributed by atoms with E-state index >= 15 is 0 Å². The summed E-state index contributed by atoms with van der Waals surface area (Å²) < 4.78 is 20.4. The van der Waals surface area contributed by atoms with Crippen molar-refractivity contribution in [3.05, 3.63) is 47.5 Å². The quantitative estimate of drug-likeness (QED) is 0.865. The number of ether oxygens (including phenoxy) is 1. The third kappa shape index (κ3) is 3.48. The Kier molecular flexibility index (Phi) is 4.94. The Labute approximate surface area is 141 Å². The molecule has 3 rings (SSSR count). The molecule has 0 spiro atoms. The summed E-state index contributed by atoms with van der Waals surface area (Å²) in [5.41, 5.74) is 2.00. The second-order valence-corrected chi connectivity index (χ2v) is 6.01. The van der Waals surface area contributed by atoms with Gasteiger partial charge in [-0.25, -0.2) is 9.07 Å². The number of aryl methyl sites for hydroxylation is 1. The minimum absolute atomic E-state index is 0.0612. The van der Waals surface area contributed by atoms with Gasteiger partial charge in [0.1, 0.15) is 5.82 Å². The second-order valence-electron chi connectivity index (χ2n) is 6.01. The van der Waals surface area contributed by atoms with E-state index in [0.29, 0.717) is 25.4 Å². The molecule has 0 aliphatic carbocycles. The number of piperidine rings is 1. The Bertz CT molecular complexity index is 704. The first kappa shape index (κ1) is 16.6. The van der Waals surface area contributed by atoms with Crippen LogP contribution in [-0.4, -0.2) is 46.4 Å². The number of aromatic nitrogens is 2. The van der Waals surface area contributed by atoms with Gasteiger partial charge in [0, 0.05) is 25.4 Å². The van der Waals surface area contributed by atoms with Gasteiger partial charge in [-0.3, -0.25) is 4.79 Å². The highest BCUT2D eigenvalue weighted by atomic mass is 19.1. The average Bonchev–Trinajstić information content (AvgIpc) is 2.98. The van der Waals surface area contributed by atoms with Crippen LogP contribution < -0.4 is 0 Å². The molecular weight excluding hydrogens is 309 g/mol. The van der Waals surface area contributed by atoms with Gasteiger partial charge in [-0.05, 0) is 57.0 Å². The molecule has 0 atom stereocenters. The maximum absolute atomic E-state index is 13.1. The molecule has 24 heavy (non-hydrogen) atoms. The molecular formula is C18H22FN3O2. The smallest absolute Gasteiger partial charge is 0.274 e. The maximum atomic E-state index is 13.1. The van der Waals surface area contributed by atoms with Gasteiger partial charge in [0.2, 0.25) is 0 Å². The van der Waals surface area contributed by atoms with E-state index in [9.17, 15) is 9.18 Å². The van der Waals surface area contributed by atoms with Gasteiger partial charge in [0.15, 0.2) is 5.69 Å². The van der Waals surface area contributed by atoms with Crippen molar-refractivity contribution in [2.24, 2.45) is 0 Å². The van der Waals surface area contributed by atoms with Crippen LogP contribution >= 0.6 is 0 Å².